The summed E-state index contributed by atoms with van der Waals surface area (Å²) in [6.07, 6.45) is 0.894. The third kappa shape index (κ3) is 9.85. The molecule has 14 heteroatoms. The van der Waals surface area contributed by atoms with Gasteiger partial charge in [0.2, 0.25) is 0 Å². The Hall–Kier alpha value is -1.46. The van der Waals surface area contributed by atoms with Gasteiger partial charge in [-0.3, -0.25) is 4.79 Å². The van der Waals surface area contributed by atoms with E-state index in [1.807, 2.05) is 0 Å². The Morgan fingerprint density at radius 3 is 2.03 bits per heavy atom. The number of carbonyl (C=O) groups is 2. The van der Waals surface area contributed by atoms with Gasteiger partial charge in [-0.1, -0.05) is 39.3 Å². The molecule has 10 nitrogen and oxygen atoms in total. The van der Waals surface area contributed by atoms with Crippen molar-refractivity contribution in [1.29, 1.82) is 0 Å². The van der Waals surface area contributed by atoms with Crippen molar-refractivity contribution in [2.45, 2.75) is 71.9 Å². The highest BCUT2D eigenvalue weighted by Crippen LogP contribution is 2.38. The fourth-order valence-corrected chi connectivity index (χ4v) is 6.33. The lowest BCUT2D eigenvalue weighted by molar-refractivity contribution is -0.136. The van der Waals surface area contributed by atoms with E-state index in [2.05, 4.69) is 55.2 Å². The van der Waals surface area contributed by atoms with E-state index in [0.29, 0.717) is 23.4 Å². The highest BCUT2D eigenvalue weighted by atomic mass is 79.9. The smallest absolute Gasteiger partial charge is 0.342 e. The number of nitrogens with zero attached hydrogens (tertiary/aromatic N) is 2. The largest absolute Gasteiger partial charge is 0.462 e. The van der Waals surface area contributed by atoms with Crippen molar-refractivity contribution in [3.05, 3.63) is 27.2 Å². The van der Waals surface area contributed by atoms with E-state index >= 15 is 0 Å². The van der Waals surface area contributed by atoms with Crippen molar-refractivity contribution >= 4 is 59.6 Å². The average molecular weight is 668 g/mol. The third-order valence-corrected chi connectivity index (χ3v) is 10.9. The van der Waals surface area contributed by atoms with E-state index in [0.717, 1.165) is 18.3 Å². The molecule has 0 unspecified atom stereocenters. The number of ether oxygens (including phenoxy) is 3. The maximum absolute atomic E-state index is 14.0. The molecule has 0 spiro atoms. The van der Waals surface area contributed by atoms with Gasteiger partial charge in [-0.15, -0.1) is 0 Å². The Morgan fingerprint density at radius 1 is 1.00 bits per heavy atom. The predicted octanol–water partition coefficient (Wildman–Crippen LogP) is 4.89. The minimum absolute atomic E-state index is 0.0576. The fraction of sp³-hybridized carbons (Fsp3) is 0.680. The van der Waals surface area contributed by atoms with Gasteiger partial charge in [0.05, 0.1) is 24.0 Å². The number of amides is 1. The molecule has 0 saturated heterocycles. The zero-order valence-electron chi connectivity index (χ0n) is 24.6. The van der Waals surface area contributed by atoms with Gasteiger partial charge < -0.3 is 27.9 Å². The van der Waals surface area contributed by atoms with Gasteiger partial charge >= 0.3 is 16.1 Å². The van der Waals surface area contributed by atoms with Crippen molar-refractivity contribution in [3.8, 4) is 0 Å². The molecule has 0 N–H and O–H groups in total. The number of hydrogen-bond donors (Lipinski definition) is 0. The summed E-state index contributed by atoms with van der Waals surface area (Å²) >= 11 is 3.57. The van der Waals surface area contributed by atoms with Crippen LogP contribution in [0.4, 0.5) is 0 Å². The number of hydrogen-bond acceptors (Lipinski definition) is 8. The number of carbonyl (C=O) groups excluding carboxylic acids is 2. The molecule has 222 valence electrons. The summed E-state index contributed by atoms with van der Waals surface area (Å²) in [5.74, 6) is -1.40. The van der Waals surface area contributed by atoms with Crippen LogP contribution in [0.2, 0.25) is 51.4 Å². The van der Waals surface area contributed by atoms with Crippen LogP contribution in [0.25, 0.3) is 5.57 Å². The Labute approximate surface area is 243 Å². The number of aromatic nitrogens is 1. The van der Waals surface area contributed by atoms with Crippen LogP contribution >= 0.6 is 15.9 Å². The summed E-state index contributed by atoms with van der Waals surface area (Å²) < 4.78 is 49.2. The highest BCUT2D eigenvalue weighted by molar-refractivity contribution is 9.10. The van der Waals surface area contributed by atoms with E-state index < -0.39 is 38.1 Å². The van der Waals surface area contributed by atoms with Crippen molar-refractivity contribution in [3.63, 3.8) is 0 Å². The minimum Gasteiger partial charge on any atom is -0.462 e. The molecule has 0 aromatic carbocycles. The number of esters is 1. The second kappa shape index (κ2) is 13.5. The Balaban J connectivity index is 2.65. The maximum atomic E-state index is 14.0. The topological polar surface area (TPSA) is 113 Å². The molecule has 1 aliphatic rings. The summed E-state index contributed by atoms with van der Waals surface area (Å²) in [6, 6.07) is 1.83. The molecule has 1 aromatic rings. The number of rotatable bonds is 14. The molecule has 1 aromatic heterocycles. The van der Waals surface area contributed by atoms with Crippen LogP contribution in [-0.2, 0) is 40.0 Å². The summed E-state index contributed by atoms with van der Waals surface area (Å²) in [5, 5.41) is 0. The average Bonchev–Trinajstić information content (AvgIpc) is 2.93. The quantitative estimate of drug-likeness (QED) is 0.119. The second-order valence-corrected chi connectivity index (χ2v) is 25.6. The Morgan fingerprint density at radius 2 is 1.54 bits per heavy atom. The first kappa shape index (κ1) is 33.7. The predicted molar refractivity (Wildman–Crippen MR) is 160 cm³/mol. The maximum Gasteiger partial charge on any atom is 0.342 e. The van der Waals surface area contributed by atoms with Gasteiger partial charge in [0.1, 0.15) is 24.7 Å². The van der Waals surface area contributed by atoms with Crippen LogP contribution in [0, 0.1) is 6.92 Å². The zero-order chi connectivity index (χ0) is 29.8. The highest BCUT2D eigenvalue weighted by Gasteiger charge is 2.39. The molecule has 1 amide bonds. The lowest BCUT2D eigenvalue weighted by Crippen LogP contribution is -2.36. The monoisotopic (exact) mass is 666 g/mol. The lowest BCUT2D eigenvalue weighted by Gasteiger charge is -2.24. The van der Waals surface area contributed by atoms with Crippen LogP contribution in [0.3, 0.4) is 0 Å². The molecular formula is C25H43BrN2O8SSi2. The lowest BCUT2D eigenvalue weighted by atomic mass is 10.0. The van der Waals surface area contributed by atoms with Gasteiger partial charge in [-0.05, 0) is 47.4 Å². The van der Waals surface area contributed by atoms with E-state index in [9.17, 15) is 18.0 Å². The third-order valence-electron chi connectivity index (χ3n) is 5.97. The summed E-state index contributed by atoms with van der Waals surface area (Å²) in [4.78, 5) is 28.6. The van der Waals surface area contributed by atoms with Gasteiger partial charge in [0, 0.05) is 34.9 Å². The molecule has 2 heterocycles. The van der Waals surface area contributed by atoms with Crippen molar-refractivity contribution in [1.82, 2.24) is 9.47 Å². The van der Waals surface area contributed by atoms with Gasteiger partial charge in [0.15, 0.2) is 5.76 Å². The molecule has 0 aliphatic carbocycles. The van der Waals surface area contributed by atoms with Crippen LogP contribution in [0.5, 0.6) is 0 Å². The van der Waals surface area contributed by atoms with Gasteiger partial charge in [0.25, 0.3) is 5.91 Å². The van der Waals surface area contributed by atoms with E-state index in [4.69, 9.17) is 18.4 Å². The van der Waals surface area contributed by atoms with Gasteiger partial charge in [-0.25, -0.2) is 4.79 Å². The summed E-state index contributed by atoms with van der Waals surface area (Å²) in [5.41, 5.74) is 0.888. The molecule has 0 radical (unpaired) electrons. The zero-order valence-corrected chi connectivity index (χ0v) is 29.0. The Bertz CT molecular complexity index is 1200. The SMILES string of the molecule is CCOC(=O)C1=C(OS(C)(=O)=O)CN(COCC[Si](C)(C)C)C(=O)c2c1c(C)c(Br)n2COCC[Si](C)(C)C. The summed E-state index contributed by atoms with van der Waals surface area (Å²) in [6.45, 7) is 17.5. The minimum atomic E-state index is -4.04. The number of fused-ring (bicyclic) bond motifs is 1. The van der Waals surface area contributed by atoms with Gasteiger partial charge in [-0.2, -0.15) is 8.42 Å². The van der Waals surface area contributed by atoms with Crippen molar-refractivity contribution in [2.75, 3.05) is 39.4 Å². The first-order chi connectivity index (χ1) is 17.9. The van der Waals surface area contributed by atoms with Crippen LogP contribution in [0.15, 0.2) is 10.4 Å². The molecule has 1 aliphatic heterocycles. The fourth-order valence-electron chi connectivity index (χ4n) is 3.84. The number of halogens is 1. The van der Waals surface area contributed by atoms with E-state index in [1.54, 1.807) is 18.4 Å². The van der Waals surface area contributed by atoms with Crippen LogP contribution < -0.4 is 0 Å². The Kier molecular flexibility index (Phi) is 11.7. The second-order valence-electron chi connectivity index (χ2n) is 12.1. The molecule has 39 heavy (non-hydrogen) atoms. The standard InChI is InChI=1S/C25H43BrN2O8SSi2/c1-10-35-25(30)21-19(36-37(3,31)32)15-27(16-33-11-13-38(4,5)6)24(29)22-20(21)18(2)23(26)28(22)17-34-12-14-39(7,8)9/h10-17H2,1-9H3. The molecule has 0 bridgehead atoms. The molecule has 0 fully saturated rings. The molecule has 2 rings (SSSR count). The molecule has 0 atom stereocenters. The van der Waals surface area contributed by atoms with E-state index in [-0.39, 0.29) is 49.2 Å². The first-order valence-electron chi connectivity index (χ1n) is 13.0. The first-order valence-corrected chi connectivity index (χ1v) is 23.0. The van der Waals surface area contributed by atoms with Crippen LogP contribution in [-0.4, -0.2) is 85.3 Å². The van der Waals surface area contributed by atoms with Crippen molar-refractivity contribution in [2.24, 2.45) is 0 Å². The van der Waals surface area contributed by atoms with Crippen molar-refractivity contribution < 1.29 is 36.4 Å². The summed E-state index contributed by atoms with van der Waals surface area (Å²) in [7, 11) is -6.76. The van der Waals surface area contributed by atoms with Crippen LogP contribution in [0.1, 0.15) is 28.5 Å². The van der Waals surface area contributed by atoms with E-state index in [1.165, 1.54) is 4.90 Å². The molecule has 0 saturated carbocycles. The normalized spacial score (nSPS) is 14.9. The molecular weight excluding hydrogens is 624 g/mol.